The molecule has 0 aliphatic carbocycles. The van der Waals surface area contributed by atoms with Gasteiger partial charge in [0.05, 0.1) is 0 Å². The zero-order chi connectivity index (χ0) is 14.4. The maximum absolute atomic E-state index is 7.00. The Labute approximate surface area is 112 Å². The van der Waals surface area contributed by atoms with Crippen molar-refractivity contribution in [2.75, 3.05) is 34.4 Å². The maximum atomic E-state index is 7.00. The van der Waals surface area contributed by atoms with E-state index in [4.69, 9.17) is 9.84 Å². The molecule has 106 valence electrons. The molecule has 0 spiro atoms. The van der Waals surface area contributed by atoms with Gasteiger partial charge in [-0.25, -0.2) is 0 Å². The van der Waals surface area contributed by atoms with Crippen molar-refractivity contribution < 1.29 is 9.84 Å². The van der Waals surface area contributed by atoms with Crippen molar-refractivity contribution in [3.8, 4) is 5.75 Å². The fourth-order valence-electron chi connectivity index (χ4n) is 1.27. The van der Waals surface area contributed by atoms with E-state index in [-0.39, 0.29) is 0 Å². The number of ether oxygens (including phenoxy) is 1. The first-order chi connectivity index (χ1) is 8.74. The van der Waals surface area contributed by atoms with Crippen molar-refractivity contribution in [3.05, 3.63) is 29.8 Å². The topological polar surface area (TPSA) is 32.7 Å². The van der Waals surface area contributed by atoms with Gasteiger partial charge in [0, 0.05) is 13.7 Å². The van der Waals surface area contributed by atoms with Crippen molar-refractivity contribution in [3.63, 3.8) is 0 Å². The lowest BCUT2D eigenvalue weighted by Crippen LogP contribution is -2.19. The minimum Gasteiger partial charge on any atom is -0.492 e. The normalized spacial score (nSPS) is 8.89. The third kappa shape index (κ3) is 9.02. The Hall–Kier alpha value is -1.06. The van der Waals surface area contributed by atoms with E-state index in [9.17, 15) is 0 Å². The first-order valence-electron chi connectivity index (χ1n) is 6.54. The van der Waals surface area contributed by atoms with E-state index in [1.165, 1.54) is 5.56 Å². The summed E-state index contributed by atoms with van der Waals surface area (Å²) < 4.78 is 5.70. The molecule has 0 amide bonds. The maximum Gasteiger partial charge on any atom is 0.122 e. The molecule has 0 radical (unpaired) electrons. The molecule has 0 fully saturated rings. The van der Waals surface area contributed by atoms with Gasteiger partial charge in [0.1, 0.15) is 12.4 Å². The number of nitrogens with zero attached hydrogens (tertiary/aromatic N) is 1. The zero-order valence-corrected chi connectivity index (χ0v) is 12.7. The average molecular weight is 255 g/mol. The average Bonchev–Trinajstić information content (AvgIpc) is 2.43. The van der Waals surface area contributed by atoms with Gasteiger partial charge in [-0.3, -0.25) is 0 Å². The summed E-state index contributed by atoms with van der Waals surface area (Å²) in [6.45, 7) is 7.86. The molecule has 18 heavy (non-hydrogen) atoms. The molecule has 1 aromatic carbocycles. The fraction of sp³-hybridized carbons (Fsp3) is 0.600. The smallest absolute Gasteiger partial charge is 0.122 e. The van der Waals surface area contributed by atoms with Gasteiger partial charge in [-0.05, 0) is 32.1 Å². The Morgan fingerprint density at radius 1 is 1.11 bits per heavy atom. The van der Waals surface area contributed by atoms with E-state index in [0.29, 0.717) is 0 Å². The Morgan fingerprint density at radius 3 is 2.17 bits per heavy atom. The van der Waals surface area contributed by atoms with E-state index in [2.05, 4.69) is 38.1 Å². The van der Waals surface area contributed by atoms with Gasteiger partial charge in [-0.15, -0.1) is 0 Å². The molecule has 3 nitrogen and oxygen atoms in total. The number of para-hydroxylation sites is 1. The van der Waals surface area contributed by atoms with Crippen molar-refractivity contribution in [2.24, 2.45) is 0 Å². The zero-order valence-electron chi connectivity index (χ0n) is 12.7. The molecule has 1 N–H and O–H groups in total. The summed E-state index contributed by atoms with van der Waals surface area (Å²) in [5, 5.41) is 7.00. The number of likely N-dealkylation sites (N-methyl/N-ethyl adjacent to an activating group) is 1. The van der Waals surface area contributed by atoms with Crippen molar-refractivity contribution in [1.82, 2.24) is 4.90 Å². The van der Waals surface area contributed by atoms with Crippen LogP contribution in [0.25, 0.3) is 0 Å². The number of aliphatic hydroxyl groups excluding tert-OH is 1. The first-order valence-corrected chi connectivity index (χ1v) is 6.54. The first kappa shape index (κ1) is 19.3. The second-order valence-electron chi connectivity index (χ2n) is 3.61. The van der Waals surface area contributed by atoms with Gasteiger partial charge in [0.25, 0.3) is 0 Å². The summed E-state index contributed by atoms with van der Waals surface area (Å²) >= 11 is 0. The lowest BCUT2D eigenvalue weighted by atomic mass is 10.1. The van der Waals surface area contributed by atoms with Crippen molar-refractivity contribution in [2.45, 2.75) is 27.2 Å². The minimum atomic E-state index is 0.754. The molecule has 0 aromatic heterocycles. The third-order valence-electron chi connectivity index (χ3n) is 2.15. The lowest BCUT2D eigenvalue weighted by Gasteiger charge is -2.13. The predicted octanol–water partition coefficient (Wildman–Crippen LogP) is 2.82. The molecule has 0 bridgehead atoms. The van der Waals surface area contributed by atoms with Crippen LogP contribution in [0.1, 0.15) is 26.3 Å². The van der Waals surface area contributed by atoms with Gasteiger partial charge in [0.2, 0.25) is 0 Å². The molecule has 0 saturated carbocycles. The number of aryl methyl sites for hydroxylation is 1. The fourth-order valence-corrected chi connectivity index (χ4v) is 1.27. The third-order valence-corrected chi connectivity index (χ3v) is 2.15. The van der Waals surface area contributed by atoms with Crippen LogP contribution >= 0.6 is 0 Å². The van der Waals surface area contributed by atoms with Crippen LogP contribution in [-0.4, -0.2) is 44.4 Å². The summed E-state index contributed by atoms with van der Waals surface area (Å²) in [6, 6.07) is 8.22. The van der Waals surface area contributed by atoms with Crippen LogP contribution in [0, 0.1) is 0 Å². The molecule has 0 atom stereocenters. The Kier molecular flexibility index (Phi) is 15.0. The highest BCUT2D eigenvalue weighted by atomic mass is 16.5. The molecule has 1 rings (SSSR count). The second-order valence-corrected chi connectivity index (χ2v) is 3.61. The van der Waals surface area contributed by atoms with E-state index in [1.807, 2.05) is 26.0 Å². The quantitative estimate of drug-likeness (QED) is 0.878. The molecule has 0 aliphatic rings. The van der Waals surface area contributed by atoms with Gasteiger partial charge in [-0.1, -0.05) is 39.0 Å². The summed E-state index contributed by atoms with van der Waals surface area (Å²) in [7, 11) is 5.10. The second kappa shape index (κ2) is 14.0. The van der Waals surface area contributed by atoms with E-state index < -0.39 is 0 Å². The Balaban J connectivity index is 0. The minimum absolute atomic E-state index is 0.754. The molecular weight excluding hydrogens is 226 g/mol. The molecule has 0 unspecified atom stereocenters. The summed E-state index contributed by atoms with van der Waals surface area (Å²) in [5.41, 5.74) is 1.28. The molecule has 0 saturated heterocycles. The van der Waals surface area contributed by atoms with E-state index in [1.54, 1.807) is 0 Å². The van der Waals surface area contributed by atoms with E-state index >= 15 is 0 Å². The predicted molar refractivity (Wildman–Crippen MR) is 79.4 cm³/mol. The highest BCUT2D eigenvalue weighted by Crippen LogP contribution is 2.17. The van der Waals surface area contributed by atoms with Gasteiger partial charge in [0.15, 0.2) is 0 Å². The van der Waals surface area contributed by atoms with Crippen LogP contribution in [0.3, 0.4) is 0 Å². The molecule has 0 heterocycles. The van der Waals surface area contributed by atoms with Crippen LogP contribution in [0.15, 0.2) is 24.3 Å². The molecule has 1 aromatic rings. The summed E-state index contributed by atoms with van der Waals surface area (Å²) in [6.07, 6.45) is 1.03. The van der Waals surface area contributed by atoms with Crippen LogP contribution in [0.2, 0.25) is 0 Å². The van der Waals surface area contributed by atoms with E-state index in [0.717, 1.165) is 32.4 Å². The standard InChI is InChI=1S/C12H19NO.C2H6.CH4O/c1-4-11-7-5-6-8-12(11)14-10-9-13(2)3;2*1-2/h5-8H,4,9-10H2,1-3H3;1-2H3;2H,1H3. The number of rotatable bonds is 5. The van der Waals surface area contributed by atoms with Gasteiger partial charge >= 0.3 is 0 Å². The van der Waals surface area contributed by atoms with Crippen LogP contribution in [-0.2, 0) is 6.42 Å². The SMILES string of the molecule is CC.CCc1ccccc1OCCN(C)C.CO. The monoisotopic (exact) mass is 255 g/mol. The number of benzene rings is 1. The Morgan fingerprint density at radius 2 is 1.67 bits per heavy atom. The van der Waals surface area contributed by atoms with Crippen LogP contribution in [0.5, 0.6) is 5.75 Å². The lowest BCUT2D eigenvalue weighted by molar-refractivity contribution is 0.259. The Bertz CT molecular complexity index is 275. The number of hydrogen-bond acceptors (Lipinski definition) is 3. The largest absolute Gasteiger partial charge is 0.492 e. The van der Waals surface area contributed by atoms with Crippen molar-refractivity contribution >= 4 is 0 Å². The summed E-state index contributed by atoms with van der Waals surface area (Å²) in [5.74, 6) is 1.02. The summed E-state index contributed by atoms with van der Waals surface area (Å²) in [4.78, 5) is 2.12. The number of hydrogen-bond donors (Lipinski definition) is 1. The van der Waals surface area contributed by atoms with Crippen LogP contribution < -0.4 is 4.74 Å². The molecule has 0 aliphatic heterocycles. The molecular formula is C15H29NO2. The van der Waals surface area contributed by atoms with Gasteiger partial charge < -0.3 is 14.7 Å². The molecule has 3 heteroatoms. The number of aliphatic hydroxyl groups is 1. The highest BCUT2D eigenvalue weighted by molar-refractivity contribution is 5.33. The van der Waals surface area contributed by atoms with Gasteiger partial charge in [-0.2, -0.15) is 0 Å². The van der Waals surface area contributed by atoms with Crippen molar-refractivity contribution in [1.29, 1.82) is 0 Å². The van der Waals surface area contributed by atoms with Crippen LogP contribution in [0.4, 0.5) is 0 Å². The highest BCUT2D eigenvalue weighted by Gasteiger charge is 1.99.